The van der Waals surface area contributed by atoms with Gasteiger partial charge in [-0.1, -0.05) is 0 Å². The van der Waals surface area contributed by atoms with Crippen molar-refractivity contribution in [3.05, 3.63) is 106 Å². The van der Waals surface area contributed by atoms with Crippen molar-refractivity contribution in [3.63, 3.8) is 0 Å². The average Bonchev–Trinajstić information content (AvgIpc) is 3.25. The van der Waals surface area contributed by atoms with E-state index in [1.807, 2.05) is 11.1 Å². The van der Waals surface area contributed by atoms with Crippen molar-refractivity contribution >= 4 is 33.7 Å². The van der Waals surface area contributed by atoms with E-state index in [2.05, 4.69) is 113 Å². The zero-order chi connectivity index (χ0) is 27.9. The first kappa shape index (κ1) is 31.3. The molecular weight excluding hydrogens is 643 g/mol. The molecule has 0 radical (unpaired) electrons. The van der Waals surface area contributed by atoms with Gasteiger partial charge < -0.3 is 24.8 Å². The quantitative estimate of drug-likeness (QED) is 0.234. The summed E-state index contributed by atoms with van der Waals surface area (Å²) in [5, 5.41) is 5.77. The second-order valence-corrected chi connectivity index (χ2v) is 26.0. The van der Waals surface area contributed by atoms with Crippen LogP contribution in [0.4, 0.5) is 0 Å². The van der Waals surface area contributed by atoms with E-state index in [1.165, 1.54) is 60.1 Å². The number of fused-ring (bicyclic) bond motifs is 7. The number of benzene rings is 4. The van der Waals surface area contributed by atoms with Gasteiger partial charge in [-0.3, -0.25) is 0 Å². The monoisotopic (exact) mass is 684 g/mol. The molecule has 1 saturated carbocycles. The van der Waals surface area contributed by atoms with E-state index in [9.17, 15) is 0 Å². The third-order valence-electron chi connectivity index (χ3n) is 11.3. The Morgan fingerprint density at radius 3 is 1.42 bits per heavy atom. The predicted octanol–water partition coefficient (Wildman–Crippen LogP) is 5.99. The minimum absolute atomic E-state index is 0. The van der Waals surface area contributed by atoms with E-state index in [-0.39, 0.29) is 24.8 Å². The predicted molar refractivity (Wildman–Crippen MR) is 174 cm³/mol. The van der Waals surface area contributed by atoms with Crippen molar-refractivity contribution < 1.29 is 45.1 Å². The van der Waals surface area contributed by atoms with Crippen molar-refractivity contribution in [2.75, 3.05) is 0 Å². The Hall–Kier alpha value is -1.66. The Morgan fingerprint density at radius 1 is 0.581 bits per heavy atom. The molecule has 4 aromatic carbocycles. The first-order chi connectivity index (χ1) is 20.0. The van der Waals surface area contributed by atoms with Crippen LogP contribution in [-0.2, 0) is 20.3 Å². The summed E-state index contributed by atoms with van der Waals surface area (Å²) in [5.41, 5.74) is 10.2. The molecule has 2 fully saturated rings. The van der Waals surface area contributed by atoms with Gasteiger partial charge in [0.2, 0.25) is 0 Å². The number of hydrogen-bond acceptors (Lipinski definition) is 0. The first-order valence-corrected chi connectivity index (χ1v) is 22.1. The number of halogens is 2. The summed E-state index contributed by atoms with van der Waals surface area (Å²) in [6.07, 6.45) is 13.9. The molecule has 43 heavy (non-hydrogen) atoms. The Labute approximate surface area is 275 Å². The summed E-state index contributed by atoms with van der Waals surface area (Å²) in [6, 6.07) is 28.4. The fourth-order valence-corrected chi connectivity index (χ4v) is 33.1. The largest absolute Gasteiger partial charge is 1.00 e. The molecule has 4 aliphatic rings. The zero-order valence-electron chi connectivity index (χ0n) is 26.0. The number of rotatable bonds is 6. The Morgan fingerprint density at radius 2 is 1.00 bits per heavy atom. The summed E-state index contributed by atoms with van der Waals surface area (Å²) in [4.78, 5) is 0. The van der Waals surface area contributed by atoms with Crippen LogP contribution < -0.4 is 24.8 Å². The van der Waals surface area contributed by atoms with Gasteiger partial charge in [-0.25, -0.2) is 0 Å². The normalized spacial score (nSPS) is 25.3. The summed E-state index contributed by atoms with van der Waals surface area (Å²) in [7, 11) is 0. The van der Waals surface area contributed by atoms with Gasteiger partial charge in [0.25, 0.3) is 0 Å². The maximum Gasteiger partial charge on any atom is -1.00 e. The Balaban J connectivity index is 0.00000165. The molecule has 1 saturated heterocycles. The van der Waals surface area contributed by atoms with Crippen molar-refractivity contribution in [2.45, 2.75) is 80.7 Å². The van der Waals surface area contributed by atoms with Gasteiger partial charge in [0.05, 0.1) is 0 Å². The van der Waals surface area contributed by atoms with Crippen LogP contribution >= 0.6 is 0 Å². The standard InChI is InChI=1S/2C17H17.C6H10.2ClH.Zr/c2*1-12(2)9-13-10-15-8-7-14-5-3-4-6-16(14)17(15)11-13;1-2-4-6-5-3-1;;;/h2*3-8,10-12H,9H2,1-2H3;1-2H,3-6H2;2*1H;/q;;;;;+2/p-2. The summed E-state index contributed by atoms with van der Waals surface area (Å²) >= 11 is -2.96. The fraction of sp³-hybridized carbons (Fsp3) is 0.400. The molecule has 0 spiro atoms. The first-order valence-electron chi connectivity index (χ1n) is 16.4. The van der Waals surface area contributed by atoms with Crippen molar-refractivity contribution in [1.29, 1.82) is 0 Å². The van der Waals surface area contributed by atoms with Crippen molar-refractivity contribution in [3.8, 4) is 0 Å². The van der Waals surface area contributed by atoms with Gasteiger partial charge >= 0.3 is 253 Å². The van der Waals surface area contributed by atoms with Crippen LogP contribution in [0.5, 0.6) is 0 Å². The third kappa shape index (κ3) is 4.78. The molecule has 3 heteroatoms. The molecule has 0 nitrogen and oxygen atoms in total. The topological polar surface area (TPSA) is 0 Å². The summed E-state index contributed by atoms with van der Waals surface area (Å²) in [6.45, 7) is 9.79. The maximum atomic E-state index is 2.72. The van der Waals surface area contributed by atoms with Gasteiger partial charge in [0.15, 0.2) is 0 Å². The van der Waals surface area contributed by atoms with Crippen molar-refractivity contribution in [1.82, 2.24) is 0 Å². The van der Waals surface area contributed by atoms with Gasteiger partial charge in [-0.2, -0.15) is 0 Å². The second-order valence-electron chi connectivity index (χ2n) is 14.6. The molecule has 4 atom stereocenters. The summed E-state index contributed by atoms with van der Waals surface area (Å²) in [5.74, 6) is 1.39. The number of allylic oxidation sites excluding steroid dienone is 2. The van der Waals surface area contributed by atoms with Gasteiger partial charge in [-0.05, 0) is 0 Å². The van der Waals surface area contributed by atoms with Crippen molar-refractivity contribution in [2.24, 2.45) is 11.8 Å². The number of hydrogen-bond donors (Lipinski definition) is 0. The minimum atomic E-state index is -2.96. The van der Waals surface area contributed by atoms with E-state index in [0.29, 0.717) is 11.8 Å². The molecule has 0 aromatic heterocycles. The molecule has 0 N–H and O–H groups in total. The molecule has 1 heterocycles. The fourth-order valence-electron chi connectivity index (χ4n) is 10.1. The molecule has 0 amide bonds. The molecule has 4 unspecified atom stereocenters. The van der Waals surface area contributed by atoms with E-state index in [0.717, 1.165) is 14.5 Å². The van der Waals surface area contributed by atoms with Crippen LogP contribution in [0.25, 0.3) is 33.7 Å². The Bertz CT molecular complexity index is 1620. The van der Waals surface area contributed by atoms with Crippen LogP contribution in [0, 0.1) is 11.8 Å². The average molecular weight is 687 g/mol. The molecule has 222 valence electrons. The van der Waals surface area contributed by atoms with Crippen LogP contribution in [0.2, 0.25) is 7.25 Å². The molecule has 4 aromatic rings. The second kappa shape index (κ2) is 11.9. The van der Waals surface area contributed by atoms with E-state index >= 15 is 0 Å². The minimum Gasteiger partial charge on any atom is -1.00 e. The van der Waals surface area contributed by atoms with Crippen LogP contribution in [0.1, 0.15) is 95.7 Å². The molecular formula is C40H44Cl2Zr. The van der Waals surface area contributed by atoms with Gasteiger partial charge in [0, 0.05) is 0 Å². The smallest absolute Gasteiger partial charge is 1.00 e. The van der Waals surface area contributed by atoms with Crippen LogP contribution in [0.15, 0.2) is 83.9 Å². The van der Waals surface area contributed by atoms with E-state index < -0.39 is 20.3 Å². The SMILES string of the molecule is CC(C)CC1=Cc2c(ccc3ccccc23)[CH]1[Zr+2]1([CH]2C(CC(C)C)=Cc3c2ccc2ccccc32)[CH]2CCCC[CH]21.[Cl-].[Cl-]. The van der Waals surface area contributed by atoms with Gasteiger partial charge in [0.1, 0.15) is 0 Å². The molecule has 1 aliphatic heterocycles. The summed E-state index contributed by atoms with van der Waals surface area (Å²) < 4.78 is 3.54. The zero-order valence-corrected chi connectivity index (χ0v) is 30.0. The van der Waals surface area contributed by atoms with E-state index in [4.69, 9.17) is 0 Å². The molecule has 3 aliphatic carbocycles. The Kier molecular flexibility index (Phi) is 8.69. The molecule has 8 rings (SSSR count). The third-order valence-corrected chi connectivity index (χ3v) is 28.3. The van der Waals surface area contributed by atoms with E-state index in [1.54, 1.807) is 22.3 Å². The van der Waals surface area contributed by atoms with Crippen LogP contribution in [0.3, 0.4) is 0 Å². The van der Waals surface area contributed by atoms with Gasteiger partial charge in [-0.15, -0.1) is 0 Å². The maximum absolute atomic E-state index is 2.96. The molecule has 0 bridgehead atoms. The van der Waals surface area contributed by atoms with Crippen LogP contribution in [-0.4, -0.2) is 0 Å².